The summed E-state index contributed by atoms with van der Waals surface area (Å²) in [7, 11) is 0. The number of alkyl halides is 1. The molecule has 2 fully saturated rings. The van der Waals surface area contributed by atoms with Crippen molar-refractivity contribution in [3.8, 4) is 0 Å². The lowest BCUT2D eigenvalue weighted by molar-refractivity contribution is -0.149. The third-order valence-corrected chi connectivity index (χ3v) is 10.9. The van der Waals surface area contributed by atoms with Crippen molar-refractivity contribution < 1.29 is 28.5 Å². The molecule has 1 saturated carbocycles. The fourth-order valence-electron chi connectivity index (χ4n) is 4.05. The minimum atomic E-state index is -3.63. The van der Waals surface area contributed by atoms with Crippen LogP contribution in [0, 0.1) is 0 Å². The van der Waals surface area contributed by atoms with Gasteiger partial charge in [-0.2, -0.15) is 0 Å². The van der Waals surface area contributed by atoms with Gasteiger partial charge < -0.3 is 19.1 Å². The fourth-order valence-corrected chi connectivity index (χ4v) is 9.23. The summed E-state index contributed by atoms with van der Waals surface area (Å²) in [6.45, 7) is 2.54. The predicted molar refractivity (Wildman–Crippen MR) is 133 cm³/mol. The van der Waals surface area contributed by atoms with E-state index in [1.807, 2.05) is 0 Å². The highest BCUT2D eigenvalue weighted by Gasteiger charge is 2.54. The van der Waals surface area contributed by atoms with E-state index in [-0.39, 0.29) is 18.0 Å². The van der Waals surface area contributed by atoms with Gasteiger partial charge in [0.15, 0.2) is 6.23 Å². The molecular weight excluding hydrogens is 521 g/mol. The summed E-state index contributed by atoms with van der Waals surface area (Å²) in [5, 5.41) is 13.7. The van der Waals surface area contributed by atoms with Crippen LogP contribution in [0.2, 0.25) is 0 Å². The van der Waals surface area contributed by atoms with Crippen LogP contribution in [0.25, 0.3) is 0 Å². The zero-order valence-corrected chi connectivity index (χ0v) is 22.6. The molecule has 1 aliphatic heterocycles. The maximum Gasteiger partial charge on any atom is 0.330 e. The Morgan fingerprint density at radius 3 is 2.66 bits per heavy atom. The van der Waals surface area contributed by atoms with E-state index in [0.717, 1.165) is 47.7 Å². The highest BCUT2D eigenvalue weighted by atomic mass is 35.5. The molecule has 198 valence electrons. The van der Waals surface area contributed by atoms with E-state index in [0.29, 0.717) is 0 Å². The SMILES string of the molecule is CC(C)OC(=O)[C@H](C)NP(=O)(OC[C@H]1O[C@@H](n2ccc(=O)[nH]c2=O)[C@](C)(Cl)[C@@H]1O)SC1CCCC1. The van der Waals surface area contributed by atoms with Crippen LogP contribution < -0.4 is 16.3 Å². The van der Waals surface area contributed by atoms with Crippen LogP contribution in [0.15, 0.2) is 21.9 Å². The van der Waals surface area contributed by atoms with E-state index in [9.17, 15) is 24.1 Å². The van der Waals surface area contributed by atoms with Crippen molar-refractivity contribution in [1.29, 1.82) is 0 Å². The number of aliphatic hydroxyl groups is 1. The number of aromatic amines is 1. The maximum atomic E-state index is 13.8. The Balaban J connectivity index is 1.75. The molecule has 6 atom stereocenters. The Morgan fingerprint density at radius 2 is 2.06 bits per heavy atom. The summed E-state index contributed by atoms with van der Waals surface area (Å²) in [4.78, 5) is 36.7. The molecule has 1 unspecified atom stereocenters. The molecular formula is C21H33ClN3O8PS. The number of ether oxygens (including phenoxy) is 2. The van der Waals surface area contributed by atoms with Crippen LogP contribution in [-0.2, 0) is 23.4 Å². The summed E-state index contributed by atoms with van der Waals surface area (Å²) in [5.41, 5.74) is -1.33. The number of hydrogen-bond donors (Lipinski definition) is 3. The second kappa shape index (κ2) is 11.5. The number of hydrogen-bond acceptors (Lipinski definition) is 9. The van der Waals surface area contributed by atoms with Crippen molar-refractivity contribution in [3.63, 3.8) is 0 Å². The van der Waals surface area contributed by atoms with E-state index >= 15 is 0 Å². The first-order valence-corrected chi connectivity index (χ1v) is 15.1. The molecule has 1 saturated heterocycles. The molecule has 1 aromatic heterocycles. The molecule has 0 bridgehead atoms. The van der Waals surface area contributed by atoms with Crippen molar-refractivity contribution in [2.24, 2.45) is 0 Å². The number of esters is 1. The van der Waals surface area contributed by atoms with Gasteiger partial charge in [0.1, 0.15) is 23.1 Å². The molecule has 3 rings (SSSR count). The van der Waals surface area contributed by atoms with E-state index < -0.39 is 53.3 Å². The molecule has 0 amide bonds. The number of carbonyl (C=O) groups is 1. The van der Waals surface area contributed by atoms with Crippen LogP contribution in [-0.4, -0.2) is 61.7 Å². The molecule has 2 heterocycles. The third kappa shape index (κ3) is 7.00. The minimum absolute atomic E-state index is 0.0989. The van der Waals surface area contributed by atoms with Crippen molar-refractivity contribution in [1.82, 2.24) is 14.6 Å². The third-order valence-electron chi connectivity index (χ3n) is 5.88. The second-order valence-electron chi connectivity index (χ2n) is 9.28. The Kier molecular flexibility index (Phi) is 9.34. The van der Waals surface area contributed by atoms with Gasteiger partial charge in [-0.25, -0.2) is 9.88 Å². The summed E-state index contributed by atoms with van der Waals surface area (Å²) in [5.74, 6) is -0.557. The van der Waals surface area contributed by atoms with Gasteiger partial charge in [0, 0.05) is 17.5 Å². The zero-order valence-electron chi connectivity index (χ0n) is 20.1. The van der Waals surface area contributed by atoms with E-state index in [4.69, 9.17) is 25.6 Å². The Labute approximate surface area is 212 Å². The number of aliphatic hydroxyl groups excluding tert-OH is 1. The number of H-pyrrole nitrogens is 1. The van der Waals surface area contributed by atoms with Crippen molar-refractivity contribution in [2.45, 2.75) is 94.1 Å². The Morgan fingerprint density at radius 1 is 1.40 bits per heavy atom. The summed E-state index contributed by atoms with van der Waals surface area (Å²) < 4.78 is 31.7. The number of nitrogens with one attached hydrogen (secondary N) is 2. The largest absolute Gasteiger partial charge is 0.462 e. The molecule has 14 heteroatoms. The molecule has 1 aromatic rings. The standard InChI is InChI=1S/C21H33ClN3O8PS/c1-12(2)32-18(28)13(3)24-34(30,35-14-7-5-6-8-14)31-11-15-17(27)21(4,22)19(33-15)25-10-9-16(26)23-20(25)29/h9-10,12-15,17,19,27H,5-8,11H2,1-4H3,(H,24,30)(H,23,26,29)/t13-,15+,17+,19+,21+,34?/m0/s1. The van der Waals surface area contributed by atoms with E-state index in [2.05, 4.69) is 10.1 Å². The van der Waals surface area contributed by atoms with Crippen LogP contribution in [0.1, 0.15) is 59.6 Å². The lowest BCUT2D eigenvalue weighted by Gasteiger charge is -2.27. The summed E-state index contributed by atoms with van der Waals surface area (Å²) in [6.07, 6.45) is 1.26. The highest BCUT2D eigenvalue weighted by Crippen LogP contribution is 2.61. The predicted octanol–water partition coefficient (Wildman–Crippen LogP) is 2.52. The van der Waals surface area contributed by atoms with Crippen LogP contribution in [0.5, 0.6) is 0 Å². The van der Waals surface area contributed by atoms with Crippen molar-refractivity contribution in [3.05, 3.63) is 33.1 Å². The molecule has 1 aliphatic carbocycles. The molecule has 35 heavy (non-hydrogen) atoms. The average molecular weight is 554 g/mol. The van der Waals surface area contributed by atoms with Gasteiger partial charge in [-0.05, 0) is 40.5 Å². The smallest absolute Gasteiger partial charge is 0.330 e. The monoisotopic (exact) mass is 553 g/mol. The first-order valence-electron chi connectivity index (χ1n) is 11.6. The molecule has 2 aliphatic rings. The number of halogens is 1. The molecule has 0 radical (unpaired) electrons. The minimum Gasteiger partial charge on any atom is -0.462 e. The lowest BCUT2D eigenvalue weighted by Crippen LogP contribution is -2.43. The highest BCUT2D eigenvalue weighted by molar-refractivity contribution is 8.56. The molecule has 3 N–H and O–H groups in total. The van der Waals surface area contributed by atoms with E-state index in [1.54, 1.807) is 20.8 Å². The fraction of sp³-hybridized carbons (Fsp3) is 0.762. The Hall–Kier alpha value is -1.14. The normalized spacial score (nSPS) is 29.9. The van der Waals surface area contributed by atoms with Crippen LogP contribution in [0.4, 0.5) is 0 Å². The van der Waals surface area contributed by atoms with Crippen molar-refractivity contribution >= 4 is 35.7 Å². The van der Waals surface area contributed by atoms with Gasteiger partial charge in [0.05, 0.1) is 12.7 Å². The first kappa shape index (κ1) is 28.4. The quantitative estimate of drug-likeness (QED) is 0.224. The topological polar surface area (TPSA) is 149 Å². The van der Waals surface area contributed by atoms with Gasteiger partial charge in [-0.15, -0.1) is 11.6 Å². The van der Waals surface area contributed by atoms with Gasteiger partial charge in [0.2, 0.25) is 0 Å². The second-order valence-corrected chi connectivity index (χ2v) is 14.6. The zero-order chi connectivity index (χ0) is 26.0. The van der Waals surface area contributed by atoms with Gasteiger partial charge in [-0.1, -0.05) is 24.2 Å². The number of nitrogens with zero attached hydrogens (tertiary/aromatic N) is 1. The average Bonchev–Trinajstić information content (AvgIpc) is 3.33. The van der Waals surface area contributed by atoms with Crippen LogP contribution >= 0.6 is 29.7 Å². The van der Waals surface area contributed by atoms with Gasteiger partial charge in [-0.3, -0.25) is 23.7 Å². The maximum absolute atomic E-state index is 13.8. The summed E-state index contributed by atoms with van der Waals surface area (Å²) in [6, 6.07) is 0.249. The van der Waals surface area contributed by atoms with E-state index in [1.165, 1.54) is 13.1 Å². The summed E-state index contributed by atoms with van der Waals surface area (Å²) >= 11 is 7.71. The van der Waals surface area contributed by atoms with Crippen LogP contribution in [0.3, 0.4) is 0 Å². The molecule has 0 spiro atoms. The number of rotatable bonds is 10. The van der Waals surface area contributed by atoms with Gasteiger partial charge >= 0.3 is 18.4 Å². The van der Waals surface area contributed by atoms with Gasteiger partial charge in [0.25, 0.3) is 5.56 Å². The molecule has 0 aromatic carbocycles. The Bertz CT molecular complexity index is 1060. The number of aromatic nitrogens is 2. The lowest BCUT2D eigenvalue weighted by atomic mass is 10.0. The molecule has 11 nitrogen and oxygen atoms in total. The number of carbonyl (C=O) groups excluding carboxylic acids is 1. The van der Waals surface area contributed by atoms with Crippen molar-refractivity contribution in [2.75, 3.05) is 6.61 Å². The first-order chi connectivity index (χ1) is 16.3.